The summed E-state index contributed by atoms with van der Waals surface area (Å²) in [5.74, 6) is -1.26. The molecule has 2 aromatic rings. The van der Waals surface area contributed by atoms with Crippen LogP contribution in [0.25, 0.3) is 11.9 Å². The predicted octanol–water partition coefficient (Wildman–Crippen LogP) is 5.63. The van der Waals surface area contributed by atoms with Crippen LogP contribution in [0.15, 0.2) is 41.5 Å². The molecule has 1 fully saturated rings. The standard InChI is InChI=1S/C28H31F2N5OS/c1-16-11-25(26(36)35-17(2)5-6-18(35)3)37-27(32)34-28(16,4)21-12-19(7-9-22(21)29)13-23(30)24-10-8-20(14-31)15-33-24/h7-10,12-13,15-18,25H,5-6,11H2,1-4H3,(H2,32,34)/b23-13-/t16?,17-,18-,25-,28+/m1/s1. The summed E-state index contributed by atoms with van der Waals surface area (Å²) in [6.07, 6.45) is 4.99. The summed E-state index contributed by atoms with van der Waals surface area (Å²) in [7, 11) is 0. The van der Waals surface area contributed by atoms with Crippen molar-refractivity contribution in [2.24, 2.45) is 16.6 Å². The number of carbonyl (C=O) groups excluding carboxylic acids is 1. The first-order valence-electron chi connectivity index (χ1n) is 12.4. The van der Waals surface area contributed by atoms with Gasteiger partial charge in [0.25, 0.3) is 0 Å². The lowest BCUT2D eigenvalue weighted by atomic mass is 9.78. The van der Waals surface area contributed by atoms with Crippen LogP contribution in [0.2, 0.25) is 0 Å². The average molecular weight is 524 g/mol. The van der Waals surface area contributed by atoms with Gasteiger partial charge in [0.05, 0.1) is 22.0 Å². The molecule has 2 aliphatic rings. The number of pyridine rings is 1. The largest absolute Gasteiger partial charge is 0.378 e. The topological polar surface area (TPSA) is 95.4 Å². The van der Waals surface area contributed by atoms with E-state index in [9.17, 15) is 9.18 Å². The van der Waals surface area contributed by atoms with Gasteiger partial charge in [0.2, 0.25) is 5.91 Å². The smallest absolute Gasteiger partial charge is 0.236 e. The van der Waals surface area contributed by atoms with E-state index in [2.05, 4.69) is 18.8 Å². The first-order valence-corrected chi connectivity index (χ1v) is 13.3. The molecule has 5 atom stereocenters. The Hall–Kier alpha value is -3.25. The number of carbonyl (C=O) groups is 1. The summed E-state index contributed by atoms with van der Waals surface area (Å²) >= 11 is 1.24. The van der Waals surface area contributed by atoms with E-state index >= 15 is 4.39 Å². The Bertz CT molecular complexity index is 1280. The third-order valence-electron chi connectivity index (χ3n) is 7.58. The molecule has 0 radical (unpaired) electrons. The van der Waals surface area contributed by atoms with Crippen molar-refractivity contribution in [1.29, 1.82) is 5.26 Å². The second-order valence-electron chi connectivity index (χ2n) is 10.1. The summed E-state index contributed by atoms with van der Waals surface area (Å²) in [5, 5.41) is 8.74. The molecule has 194 valence electrons. The fourth-order valence-corrected chi connectivity index (χ4v) is 6.37. The lowest BCUT2D eigenvalue weighted by Crippen LogP contribution is -2.44. The number of aliphatic imine (C=N–C) groups is 1. The number of halogens is 2. The van der Waals surface area contributed by atoms with Crippen molar-refractivity contribution in [2.75, 3.05) is 0 Å². The summed E-state index contributed by atoms with van der Waals surface area (Å²) in [5.41, 5.74) is 6.37. The van der Waals surface area contributed by atoms with Gasteiger partial charge in [0.1, 0.15) is 17.7 Å². The highest BCUT2D eigenvalue weighted by Gasteiger charge is 2.43. The van der Waals surface area contributed by atoms with Crippen LogP contribution in [-0.2, 0) is 10.3 Å². The Kier molecular flexibility index (Phi) is 7.69. The molecule has 0 bridgehead atoms. The van der Waals surface area contributed by atoms with Crippen molar-refractivity contribution < 1.29 is 13.6 Å². The molecule has 1 aromatic heterocycles. The van der Waals surface area contributed by atoms with Gasteiger partial charge in [0.15, 0.2) is 5.17 Å². The van der Waals surface area contributed by atoms with E-state index in [0.29, 0.717) is 17.5 Å². The van der Waals surface area contributed by atoms with Gasteiger partial charge in [-0.15, -0.1) is 0 Å². The van der Waals surface area contributed by atoms with E-state index in [0.717, 1.165) is 12.8 Å². The highest BCUT2D eigenvalue weighted by molar-refractivity contribution is 8.14. The van der Waals surface area contributed by atoms with Crippen LogP contribution < -0.4 is 5.73 Å². The monoisotopic (exact) mass is 523 g/mol. The maximum Gasteiger partial charge on any atom is 0.236 e. The number of amides is 1. The number of nitriles is 1. The third kappa shape index (κ3) is 5.40. The number of likely N-dealkylation sites (tertiary alicyclic amines) is 1. The van der Waals surface area contributed by atoms with Gasteiger partial charge in [-0.1, -0.05) is 24.8 Å². The number of nitrogens with two attached hydrogens (primary N) is 1. The molecular weight excluding hydrogens is 492 g/mol. The van der Waals surface area contributed by atoms with Gasteiger partial charge in [-0.25, -0.2) is 8.78 Å². The van der Waals surface area contributed by atoms with Crippen molar-refractivity contribution in [2.45, 2.75) is 69.8 Å². The molecule has 0 saturated carbocycles. The van der Waals surface area contributed by atoms with Crippen LogP contribution in [0.4, 0.5) is 8.78 Å². The molecule has 4 rings (SSSR count). The number of benzene rings is 1. The molecule has 6 nitrogen and oxygen atoms in total. The van der Waals surface area contributed by atoms with Crippen LogP contribution in [-0.4, -0.2) is 38.3 Å². The second kappa shape index (κ2) is 10.6. The highest BCUT2D eigenvalue weighted by Crippen LogP contribution is 2.43. The average Bonchev–Trinajstić information content (AvgIpc) is 3.15. The van der Waals surface area contributed by atoms with Gasteiger partial charge < -0.3 is 10.6 Å². The molecule has 9 heteroatoms. The molecular formula is C28H31F2N5OS. The van der Waals surface area contributed by atoms with Crippen LogP contribution in [0.3, 0.4) is 0 Å². The molecule has 0 aliphatic carbocycles. The van der Waals surface area contributed by atoms with Crippen molar-refractivity contribution in [3.8, 4) is 6.07 Å². The maximum atomic E-state index is 15.2. The second-order valence-corrected chi connectivity index (χ2v) is 11.4. The maximum absolute atomic E-state index is 15.2. The van der Waals surface area contributed by atoms with E-state index in [1.807, 2.05) is 24.8 Å². The number of rotatable bonds is 4. The number of hydrogen-bond donors (Lipinski definition) is 1. The molecule has 1 amide bonds. The predicted molar refractivity (Wildman–Crippen MR) is 143 cm³/mol. The number of nitrogens with zero attached hydrogens (tertiary/aromatic N) is 4. The Balaban J connectivity index is 1.64. The summed E-state index contributed by atoms with van der Waals surface area (Å²) < 4.78 is 30.1. The first-order chi connectivity index (χ1) is 17.5. The molecule has 0 spiro atoms. The summed E-state index contributed by atoms with van der Waals surface area (Å²) in [6.45, 7) is 7.88. The van der Waals surface area contributed by atoms with Crippen LogP contribution in [0, 0.1) is 23.1 Å². The van der Waals surface area contributed by atoms with E-state index in [4.69, 9.17) is 16.0 Å². The van der Waals surface area contributed by atoms with Gasteiger partial charge in [-0.05, 0) is 81.9 Å². The Labute approximate surface area is 220 Å². The van der Waals surface area contributed by atoms with Crippen molar-refractivity contribution >= 4 is 34.7 Å². The Morgan fingerprint density at radius 2 is 1.95 bits per heavy atom. The number of thioether (sulfide) groups is 1. The fourth-order valence-electron chi connectivity index (χ4n) is 5.22. The fraction of sp³-hybridized carbons (Fsp3) is 0.429. The third-order valence-corrected chi connectivity index (χ3v) is 8.59. The van der Waals surface area contributed by atoms with Gasteiger partial charge in [0, 0.05) is 23.8 Å². The SMILES string of the molecule is CC1C[C@H](C(=O)N2[C@H](C)CC[C@H]2C)SC(N)=N[C@]1(C)c1cc(/C=C(\F)c2ccc(C#N)cn2)ccc1F. The number of aromatic nitrogens is 1. The molecule has 1 unspecified atom stereocenters. The zero-order valence-electron chi connectivity index (χ0n) is 21.4. The normalized spacial score (nSPS) is 28.4. The zero-order chi connectivity index (χ0) is 26.9. The Morgan fingerprint density at radius 1 is 1.24 bits per heavy atom. The summed E-state index contributed by atoms with van der Waals surface area (Å²) in [4.78, 5) is 24.1. The van der Waals surface area contributed by atoms with Crippen molar-refractivity contribution in [3.05, 3.63) is 64.7 Å². The quantitative estimate of drug-likeness (QED) is 0.560. The van der Waals surface area contributed by atoms with Crippen molar-refractivity contribution in [1.82, 2.24) is 9.88 Å². The van der Waals surface area contributed by atoms with Gasteiger partial charge >= 0.3 is 0 Å². The Morgan fingerprint density at radius 3 is 2.57 bits per heavy atom. The lowest BCUT2D eigenvalue weighted by molar-refractivity contribution is -0.133. The van der Waals surface area contributed by atoms with Crippen LogP contribution >= 0.6 is 11.8 Å². The van der Waals surface area contributed by atoms with Crippen molar-refractivity contribution in [3.63, 3.8) is 0 Å². The molecule has 2 N–H and O–H groups in total. The minimum atomic E-state index is -1.05. The molecule has 1 saturated heterocycles. The minimum absolute atomic E-state index is 0.0471. The molecule has 1 aromatic carbocycles. The summed E-state index contributed by atoms with van der Waals surface area (Å²) in [6, 6.07) is 9.54. The van der Waals surface area contributed by atoms with E-state index in [-0.39, 0.29) is 40.3 Å². The molecule has 2 aliphatic heterocycles. The zero-order valence-corrected chi connectivity index (χ0v) is 22.2. The lowest BCUT2D eigenvalue weighted by Gasteiger charge is -2.34. The first kappa shape index (κ1) is 26.8. The van der Waals surface area contributed by atoms with Crippen LogP contribution in [0.1, 0.15) is 69.3 Å². The molecule has 3 heterocycles. The number of amidine groups is 1. The number of hydrogen-bond acceptors (Lipinski definition) is 6. The van der Waals surface area contributed by atoms with E-state index in [1.54, 1.807) is 6.07 Å². The van der Waals surface area contributed by atoms with Gasteiger partial charge in [-0.3, -0.25) is 14.8 Å². The minimum Gasteiger partial charge on any atom is -0.378 e. The molecule has 37 heavy (non-hydrogen) atoms. The van der Waals surface area contributed by atoms with E-state index in [1.165, 1.54) is 48.3 Å². The van der Waals surface area contributed by atoms with E-state index < -0.39 is 22.4 Å². The van der Waals surface area contributed by atoms with Crippen LogP contribution in [0.5, 0.6) is 0 Å². The highest BCUT2D eigenvalue weighted by atomic mass is 32.2. The van der Waals surface area contributed by atoms with Gasteiger partial charge in [-0.2, -0.15) is 5.26 Å².